The maximum Gasteiger partial charge on any atom is 0.314 e. The van der Waals surface area contributed by atoms with Crippen LogP contribution in [0.1, 0.15) is 23.3 Å². The lowest BCUT2D eigenvalue weighted by atomic mass is 10.1. The van der Waals surface area contributed by atoms with E-state index in [1.54, 1.807) is 11.3 Å². The van der Waals surface area contributed by atoms with E-state index in [4.69, 9.17) is 5.11 Å². The first-order valence-electron chi connectivity index (χ1n) is 3.94. The van der Waals surface area contributed by atoms with Crippen molar-refractivity contribution in [2.75, 3.05) is 0 Å². The lowest BCUT2D eigenvalue weighted by Crippen LogP contribution is -2.17. The van der Waals surface area contributed by atoms with Gasteiger partial charge in [-0.2, -0.15) is 0 Å². The number of hydrogen-bond donors (Lipinski definition) is 1. The van der Waals surface area contributed by atoms with E-state index in [1.165, 1.54) is 5.56 Å². The molecule has 0 aromatic carbocycles. The second kappa shape index (κ2) is 2.33. The number of aryl methyl sites for hydroxylation is 1. The maximum atomic E-state index is 10.9. The molecular formula is C9H10O2S. The predicted octanol–water partition coefficient (Wildman–Crippen LogP) is 2.17. The standard InChI is InChI=1S/C9H10O2S/c1-6-4-7(12-5-6)9(2-3-9)8(10)11/h4-5H,2-3H2,1H3,(H,10,11). The lowest BCUT2D eigenvalue weighted by Gasteiger charge is -2.04. The van der Waals surface area contributed by atoms with Crippen LogP contribution in [0, 0.1) is 6.92 Å². The average molecular weight is 182 g/mol. The third-order valence-corrected chi connectivity index (χ3v) is 3.61. The van der Waals surface area contributed by atoms with Crippen molar-refractivity contribution in [2.45, 2.75) is 25.2 Å². The third kappa shape index (κ3) is 0.966. The molecular weight excluding hydrogens is 172 g/mol. The molecule has 1 aromatic rings. The normalized spacial score (nSPS) is 19.1. The molecule has 3 heteroatoms. The van der Waals surface area contributed by atoms with Gasteiger partial charge in [-0.1, -0.05) is 0 Å². The smallest absolute Gasteiger partial charge is 0.314 e. The summed E-state index contributed by atoms with van der Waals surface area (Å²) >= 11 is 1.57. The van der Waals surface area contributed by atoms with Gasteiger partial charge in [0.25, 0.3) is 0 Å². The molecule has 0 amide bonds. The minimum atomic E-state index is -0.663. The minimum Gasteiger partial charge on any atom is -0.481 e. The highest BCUT2D eigenvalue weighted by molar-refractivity contribution is 7.10. The third-order valence-electron chi connectivity index (χ3n) is 2.36. The fourth-order valence-corrected chi connectivity index (χ4v) is 2.52. The van der Waals surface area contributed by atoms with Gasteiger partial charge >= 0.3 is 5.97 Å². The van der Waals surface area contributed by atoms with Gasteiger partial charge in [0.2, 0.25) is 0 Å². The topological polar surface area (TPSA) is 37.3 Å². The van der Waals surface area contributed by atoms with Gasteiger partial charge in [0, 0.05) is 4.88 Å². The van der Waals surface area contributed by atoms with E-state index in [-0.39, 0.29) is 0 Å². The highest BCUT2D eigenvalue weighted by atomic mass is 32.1. The summed E-state index contributed by atoms with van der Waals surface area (Å²) in [6.07, 6.45) is 1.62. The van der Waals surface area contributed by atoms with Gasteiger partial charge in [0.05, 0.1) is 0 Å². The number of thiophene rings is 1. The summed E-state index contributed by atoms with van der Waals surface area (Å²) in [5.74, 6) is -0.663. The van der Waals surface area contributed by atoms with Crippen molar-refractivity contribution >= 4 is 17.3 Å². The second-order valence-corrected chi connectivity index (χ2v) is 4.29. The molecule has 0 radical (unpaired) electrons. The Labute approximate surface area is 74.8 Å². The molecule has 1 heterocycles. The molecule has 0 bridgehead atoms. The zero-order valence-corrected chi connectivity index (χ0v) is 7.65. The van der Waals surface area contributed by atoms with Crippen LogP contribution in [-0.4, -0.2) is 11.1 Å². The lowest BCUT2D eigenvalue weighted by molar-refractivity contribution is -0.139. The first-order valence-corrected chi connectivity index (χ1v) is 4.82. The van der Waals surface area contributed by atoms with Crippen LogP contribution in [0.25, 0.3) is 0 Å². The molecule has 1 aromatic heterocycles. The SMILES string of the molecule is Cc1csc(C2(C(=O)O)CC2)c1. The Hall–Kier alpha value is -0.830. The monoisotopic (exact) mass is 182 g/mol. The maximum absolute atomic E-state index is 10.9. The van der Waals surface area contributed by atoms with E-state index in [0.29, 0.717) is 0 Å². The molecule has 0 atom stereocenters. The van der Waals surface area contributed by atoms with Crippen molar-refractivity contribution in [1.82, 2.24) is 0 Å². The van der Waals surface area contributed by atoms with Crippen molar-refractivity contribution in [2.24, 2.45) is 0 Å². The molecule has 1 fully saturated rings. The van der Waals surface area contributed by atoms with Crippen LogP contribution in [0.15, 0.2) is 11.4 Å². The number of aliphatic carboxylic acids is 1. The zero-order valence-electron chi connectivity index (χ0n) is 6.83. The van der Waals surface area contributed by atoms with E-state index in [1.807, 2.05) is 18.4 Å². The van der Waals surface area contributed by atoms with Gasteiger partial charge in [0.15, 0.2) is 0 Å². The minimum absolute atomic E-state index is 0.501. The van der Waals surface area contributed by atoms with Gasteiger partial charge < -0.3 is 5.11 Å². The van der Waals surface area contributed by atoms with Crippen molar-refractivity contribution in [3.8, 4) is 0 Å². The molecule has 12 heavy (non-hydrogen) atoms. The number of rotatable bonds is 2. The van der Waals surface area contributed by atoms with Crippen LogP contribution in [0.4, 0.5) is 0 Å². The van der Waals surface area contributed by atoms with Crippen LogP contribution in [-0.2, 0) is 10.2 Å². The van der Waals surface area contributed by atoms with E-state index in [0.717, 1.165) is 17.7 Å². The van der Waals surface area contributed by atoms with Crippen molar-refractivity contribution < 1.29 is 9.90 Å². The van der Waals surface area contributed by atoms with Gasteiger partial charge in [-0.3, -0.25) is 4.79 Å². The average Bonchev–Trinajstić information content (AvgIpc) is 2.71. The van der Waals surface area contributed by atoms with Crippen LogP contribution < -0.4 is 0 Å². The fraction of sp³-hybridized carbons (Fsp3) is 0.444. The number of hydrogen-bond acceptors (Lipinski definition) is 2. The van der Waals surface area contributed by atoms with Crippen LogP contribution in [0.5, 0.6) is 0 Å². The summed E-state index contributed by atoms with van der Waals surface area (Å²) in [7, 11) is 0. The molecule has 0 aliphatic heterocycles. The van der Waals surface area contributed by atoms with Gasteiger partial charge in [-0.25, -0.2) is 0 Å². The van der Waals surface area contributed by atoms with E-state index in [9.17, 15) is 4.79 Å². The largest absolute Gasteiger partial charge is 0.481 e. The quantitative estimate of drug-likeness (QED) is 0.761. The van der Waals surface area contributed by atoms with Crippen LogP contribution >= 0.6 is 11.3 Å². The number of carboxylic acids is 1. The Morgan fingerprint density at radius 2 is 2.33 bits per heavy atom. The van der Waals surface area contributed by atoms with Crippen LogP contribution in [0.3, 0.4) is 0 Å². The summed E-state index contributed by atoms with van der Waals surface area (Å²) < 4.78 is 0. The summed E-state index contributed by atoms with van der Waals surface area (Å²) in [5, 5.41) is 11.0. The summed E-state index contributed by atoms with van der Waals surface area (Å²) in [6, 6.07) is 1.99. The molecule has 2 rings (SSSR count). The predicted molar refractivity (Wildman–Crippen MR) is 47.6 cm³/mol. The van der Waals surface area contributed by atoms with E-state index < -0.39 is 11.4 Å². The second-order valence-electron chi connectivity index (χ2n) is 3.38. The molecule has 1 aliphatic carbocycles. The first kappa shape index (κ1) is 7.80. The first-order chi connectivity index (χ1) is 5.65. The highest BCUT2D eigenvalue weighted by Gasteiger charge is 2.52. The Morgan fingerprint density at radius 3 is 2.67 bits per heavy atom. The van der Waals surface area contributed by atoms with E-state index >= 15 is 0 Å². The molecule has 0 saturated heterocycles. The molecule has 64 valence electrons. The zero-order chi connectivity index (χ0) is 8.77. The Balaban J connectivity index is 2.36. The van der Waals surface area contributed by atoms with Crippen molar-refractivity contribution in [3.63, 3.8) is 0 Å². The Morgan fingerprint density at radius 1 is 1.67 bits per heavy atom. The molecule has 1 saturated carbocycles. The number of carboxylic acid groups (broad SMARTS) is 1. The number of carbonyl (C=O) groups is 1. The summed E-state index contributed by atoms with van der Waals surface area (Å²) in [4.78, 5) is 11.9. The molecule has 0 unspecified atom stereocenters. The van der Waals surface area contributed by atoms with Gasteiger partial charge in [-0.15, -0.1) is 11.3 Å². The fourth-order valence-electron chi connectivity index (χ4n) is 1.37. The molecule has 0 spiro atoms. The highest BCUT2D eigenvalue weighted by Crippen LogP contribution is 2.50. The Kier molecular flexibility index (Phi) is 1.51. The van der Waals surface area contributed by atoms with Gasteiger partial charge in [0.1, 0.15) is 5.41 Å². The molecule has 1 aliphatic rings. The summed E-state index contributed by atoms with van der Waals surface area (Å²) in [6.45, 7) is 2.00. The van der Waals surface area contributed by atoms with Crippen LogP contribution in [0.2, 0.25) is 0 Å². The summed E-state index contributed by atoms with van der Waals surface area (Å²) in [5.41, 5.74) is 0.668. The van der Waals surface area contributed by atoms with E-state index in [2.05, 4.69) is 0 Å². The molecule has 2 nitrogen and oxygen atoms in total. The van der Waals surface area contributed by atoms with Gasteiger partial charge in [-0.05, 0) is 36.8 Å². The Bertz CT molecular complexity index is 323. The van der Waals surface area contributed by atoms with Crippen molar-refractivity contribution in [3.05, 3.63) is 21.9 Å². The van der Waals surface area contributed by atoms with Crippen molar-refractivity contribution in [1.29, 1.82) is 0 Å². The molecule has 1 N–H and O–H groups in total.